The van der Waals surface area contributed by atoms with Gasteiger partial charge in [-0.1, -0.05) is 26.5 Å². The largest absolute Gasteiger partial charge is 0.494 e. The van der Waals surface area contributed by atoms with Gasteiger partial charge in [-0.15, -0.1) is 0 Å². The second kappa shape index (κ2) is 9.95. The summed E-state index contributed by atoms with van der Waals surface area (Å²) in [5.74, 6) is -0.167. The van der Waals surface area contributed by atoms with E-state index in [9.17, 15) is 4.39 Å². The molecule has 0 spiro atoms. The zero-order chi connectivity index (χ0) is 9.98. The molecule has 2 heteroatoms. The molecule has 0 unspecified atom stereocenters. The molecule has 70 valence electrons. The predicted molar refractivity (Wildman–Crippen MR) is 51.5 cm³/mol. The Morgan fingerprint density at radius 1 is 1.42 bits per heavy atom. The average molecular weight is 172 g/mol. The molecule has 0 aliphatic heterocycles. The first-order valence-electron chi connectivity index (χ1n) is 3.95. The molecular formula is C10H17FO. The van der Waals surface area contributed by atoms with Crippen molar-refractivity contribution < 1.29 is 9.13 Å². The molecule has 0 aliphatic carbocycles. The molecule has 0 fully saturated rings. The first-order valence-corrected chi connectivity index (χ1v) is 3.95. The van der Waals surface area contributed by atoms with Crippen LogP contribution in [0.5, 0.6) is 0 Å². The zero-order valence-corrected chi connectivity index (χ0v) is 8.23. The Hall–Kier alpha value is -1.05. The molecule has 0 N–H and O–H groups in total. The lowest BCUT2D eigenvalue weighted by Gasteiger charge is -1.99. The van der Waals surface area contributed by atoms with Gasteiger partial charge in [0.15, 0.2) is 5.83 Å². The fourth-order valence-electron chi connectivity index (χ4n) is 0.539. The number of halogens is 1. The smallest absolute Gasteiger partial charge is 0.164 e. The lowest BCUT2D eigenvalue weighted by molar-refractivity contribution is 0.282. The van der Waals surface area contributed by atoms with Crippen LogP contribution in [0.3, 0.4) is 0 Å². The summed E-state index contributed by atoms with van der Waals surface area (Å²) in [6, 6.07) is 0. The molecule has 0 heterocycles. The van der Waals surface area contributed by atoms with E-state index >= 15 is 0 Å². The molecule has 0 aromatic carbocycles. The Bertz CT molecular complexity index is 169. The summed E-state index contributed by atoms with van der Waals surface area (Å²) in [4.78, 5) is 0. The molecular weight excluding hydrogens is 155 g/mol. The van der Waals surface area contributed by atoms with Gasteiger partial charge in [-0.3, -0.25) is 0 Å². The van der Waals surface area contributed by atoms with Gasteiger partial charge in [0.1, 0.15) is 5.76 Å². The van der Waals surface area contributed by atoms with Crippen molar-refractivity contribution in [3.63, 3.8) is 0 Å². The number of ether oxygens (including phenoxy) is 1. The fraction of sp³-hybridized carbons (Fsp3) is 0.400. The number of allylic oxidation sites excluding steroid dienone is 4. The molecule has 0 aromatic rings. The quantitative estimate of drug-likeness (QED) is 0.467. The summed E-state index contributed by atoms with van der Waals surface area (Å²) in [5, 5.41) is 0. The van der Waals surface area contributed by atoms with Gasteiger partial charge in [0.05, 0.1) is 7.11 Å². The van der Waals surface area contributed by atoms with E-state index in [0.29, 0.717) is 0 Å². The van der Waals surface area contributed by atoms with Crippen molar-refractivity contribution in [1.29, 1.82) is 0 Å². The summed E-state index contributed by atoms with van der Waals surface area (Å²) in [6.45, 7) is 9.06. The first-order chi connectivity index (χ1) is 5.76. The minimum Gasteiger partial charge on any atom is -0.494 e. The van der Waals surface area contributed by atoms with E-state index in [-0.39, 0.29) is 5.76 Å². The van der Waals surface area contributed by atoms with Crippen LogP contribution in [0.15, 0.2) is 36.4 Å². The van der Waals surface area contributed by atoms with Crippen molar-refractivity contribution in [3.05, 3.63) is 36.4 Å². The highest BCUT2D eigenvalue weighted by atomic mass is 19.1. The van der Waals surface area contributed by atoms with E-state index in [1.54, 1.807) is 13.0 Å². The topological polar surface area (TPSA) is 9.23 Å². The summed E-state index contributed by atoms with van der Waals surface area (Å²) in [7, 11) is 1.42. The maximum Gasteiger partial charge on any atom is 0.164 e. The summed E-state index contributed by atoms with van der Waals surface area (Å²) >= 11 is 0. The maximum atomic E-state index is 12.7. The van der Waals surface area contributed by atoms with Crippen molar-refractivity contribution >= 4 is 0 Å². The minimum atomic E-state index is -0.403. The average Bonchev–Trinajstić information content (AvgIpc) is 2.11. The molecule has 0 radical (unpaired) electrons. The van der Waals surface area contributed by atoms with Gasteiger partial charge in [-0.05, 0) is 19.1 Å². The summed E-state index contributed by atoms with van der Waals surface area (Å²) in [6.07, 6.45) is 4.17. The third-order valence-corrected chi connectivity index (χ3v) is 0.982. The SMILES string of the molecule is C=C/C=C(F)\C(=C/C)OC.CC. The minimum absolute atomic E-state index is 0.236. The van der Waals surface area contributed by atoms with Gasteiger partial charge < -0.3 is 4.74 Å². The lowest BCUT2D eigenvalue weighted by Crippen LogP contribution is -1.85. The molecule has 0 saturated heterocycles. The van der Waals surface area contributed by atoms with E-state index in [4.69, 9.17) is 0 Å². The molecule has 0 atom stereocenters. The summed E-state index contributed by atoms with van der Waals surface area (Å²) < 4.78 is 17.3. The zero-order valence-electron chi connectivity index (χ0n) is 8.23. The van der Waals surface area contributed by atoms with Crippen LogP contribution in [0, 0.1) is 0 Å². The Labute approximate surface area is 74.2 Å². The van der Waals surface area contributed by atoms with E-state index in [1.807, 2.05) is 13.8 Å². The third-order valence-electron chi connectivity index (χ3n) is 0.982. The lowest BCUT2D eigenvalue weighted by atomic mass is 10.3. The number of rotatable bonds is 3. The molecule has 0 aliphatic rings. The van der Waals surface area contributed by atoms with E-state index in [1.165, 1.54) is 19.3 Å². The van der Waals surface area contributed by atoms with Crippen LogP contribution in [-0.2, 0) is 4.74 Å². The van der Waals surface area contributed by atoms with Gasteiger partial charge in [0.25, 0.3) is 0 Å². The van der Waals surface area contributed by atoms with Gasteiger partial charge in [0, 0.05) is 0 Å². The van der Waals surface area contributed by atoms with Crippen molar-refractivity contribution in [2.75, 3.05) is 7.11 Å². The monoisotopic (exact) mass is 172 g/mol. The number of methoxy groups -OCH3 is 1. The molecule has 12 heavy (non-hydrogen) atoms. The molecule has 0 aromatic heterocycles. The Morgan fingerprint density at radius 3 is 2.17 bits per heavy atom. The fourth-order valence-corrected chi connectivity index (χ4v) is 0.539. The highest BCUT2D eigenvalue weighted by Crippen LogP contribution is 2.10. The highest BCUT2D eigenvalue weighted by Gasteiger charge is 1.98. The van der Waals surface area contributed by atoms with Gasteiger partial charge in [-0.25, -0.2) is 4.39 Å². The molecule has 0 rings (SSSR count). The van der Waals surface area contributed by atoms with Crippen LogP contribution in [0.2, 0.25) is 0 Å². The molecule has 0 bridgehead atoms. The number of hydrogen-bond donors (Lipinski definition) is 0. The Morgan fingerprint density at radius 2 is 1.92 bits per heavy atom. The maximum absolute atomic E-state index is 12.7. The van der Waals surface area contributed by atoms with E-state index in [0.717, 1.165) is 0 Å². The van der Waals surface area contributed by atoms with E-state index in [2.05, 4.69) is 11.3 Å². The molecule has 0 amide bonds. The van der Waals surface area contributed by atoms with Gasteiger partial charge in [-0.2, -0.15) is 0 Å². The Kier molecular flexibility index (Phi) is 11.2. The van der Waals surface area contributed by atoms with Crippen LogP contribution in [0.1, 0.15) is 20.8 Å². The molecule has 1 nitrogen and oxygen atoms in total. The van der Waals surface area contributed by atoms with Crippen molar-refractivity contribution in [3.8, 4) is 0 Å². The third kappa shape index (κ3) is 5.71. The van der Waals surface area contributed by atoms with E-state index < -0.39 is 5.83 Å². The van der Waals surface area contributed by atoms with Crippen molar-refractivity contribution in [2.45, 2.75) is 20.8 Å². The van der Waals surface area contributed by atoms with Crippen LogP contribution >= 0.6 is 0 Å². The predicted octanol–water partition coefficient (Wildman–Crippen LogP) is 3.60. The number of hydrogen-bond acceptors (Lipinski definition) is 1. The van der Waals surface area contributed by atoms with Crippen molar-refractivity contribution in [2.24, 2.45) is 0 Å². The van der Waals surface area contributed by atoms with Gasteiger partial charge >= 0.3 is 0 Å². The highest BCUT2D eigenvalue weighted by molar-refractivity contribution is 5.22. The molecule has 0 saturated carbocycles. The Balaban J connectivity index is 0. The van der Waals surface area contributed by atoms with Crippen LogP contribution < -0.4 is 0 Å². The standard InChI is InChI=1S/C8H11FO.C2H6/c1-4-6-7(9)8(5-2)10-3;1-2/h4-6H,1H2,2-3H3;1-2H3/b7-6+,8-5+;. The first kappa shape index (κ1) is 13.5. The van der Waals surface area contributed by atoms with Gasteiger partial charge in [0.2, 0.25) is 0 Å². The normalized spacial score (nSPS) is 11.4. The second-order valence-electron chi connectivity index (χ2n) is 1.61. The summed E-state index contributed by atoms with van der Waals surface area (Å²) in [5.41, 5.74) is 0. The van der Waals surface area contributed by atoms with Crippen LogP contribution in [0.25, 0.3) is 0 Å². The van der Waals surface area contributed by atoms with Crippen LogP contribution in [0.4, 0.5) is 4.39 Å². The second-order valence-corrected chi connectivity index (χ2v) is 1.61. The van der Waals surface area contributed by atoms with Crippen LogP contribution in [-0.4, -0.2) is 7.11 Å². The van der Waals surface area contributed by atoms with Crippen molar-refractivity contribution in [1.82, 2.24) is 0 Å².